The first-order valence-electron chi connectivity index (χ1n) is 9.83. The summed E-state index contributed by atoms with van der Waals surface area (Å²) in [5.74, 6) is 1.08. The van der Waals surface area contributed by atoms with Crippen molar-refractivity contribution < 1.29 is 19.4 Å². The highest BCUT2D eigenvalue weighted by molar-refractivity contribution is 5.77. The first-order chi connectivity index (χ1) is 13.1. The largest absolute Gasteiger partial charge is 0.497 e. The second-order valence-corrected chi connectivity index (χ2v) is 7.89. The number of likely N-dealkylation sites (tertiary alicyclic amines) is 2. The molecule has 1 amide bonds. The van der Waals surface area contributed by atoms with Crippen LogP contribution in [-0.4, -0.2) is 74.4 Å². The third kappa shape index (κ3) is 4.62. The maximum atomic E-state index is 12.1. The third-order valence-corrected chi connectivity index (χ3v) is 6.44. The molecule has 0 aliphatic carbocycles. The van der Waals surface area contributed by atoms with Crippen molar-refractivity contribution in [3.05, 3.63) is 29.8 Å². The van der Waals surface area contributed by atoms with Gasteiger partial charge in [0.05, 0.1) is 7.11 Å². The van der Waals surface area contributed by atoms with Crippen LogP contribution in [0.4, 0.5) is 0 Å². The van der Waals surface area contributed by atoms with E-state index >= 15 is 0 Å². The Labute approximate surface area is 162 Å². The van der Waals surface area contributed by atoms with Crippen LogP contribution in [0.1, 0.15) is 24.8 Å². The topological polar surface area (TPSA) is 62.2 Å². The van der Waals surface area contributed by atoms with E-state index in [1.807, 2.05) is 17.0 Å². The van der Waals surface area contributed by atoms with Crippen LogP contribution in [0, 0.1) is 11.3 Å². The number of hydrogen-bond donors (Lipinski definition) is 1. The number of carbonyl (C=O) groups excluding carboxylic acids is 1. The molecule has 0 unspecified atom stereocenters. The monoisotopic (exact) mass is 376 g/mol. The molecule has 2 aliphatic rings. The Morgan fingerprint density at radius 1 is 1.15 bits per heavy atom. The number of ether oxygens (including phenoxy) is 2. The predicted molar refractivity (Wildman–Crippen MR) is 104 cm³/mol. The number of nitrogens with zero attached hydrogens (tertiary/aromatic N) is 2. The Morgan fingerprint density at radius 3 is 2.41 bits per heavy atom. The second kappa shape index (κ2) is 9.04. The van der Waals surface area contributed by atoms with Crippen molar-refractivity contribution in [2.45, 2.75) is 25.8 Å². The lowest BCUT2D eigenvalue weighted by Gasteiger charge is -2.51. The molecular weight excluding hydrogens is 344 g/mol. The summed E-state index contributed by atoms with van der Waals surface area (Å²) in [6, 6.07) is 8.27. The van der Waals surface area contributed by atoms with Crippen LogP contribution in [0.3, 0.4) is 0 Å². The van der Waals surface area contributed by atoms with Crippen molar-refractivity contribution in [1.82, 2.24) is 9.80 Å². The van der Waals surface area contributed by atoms with Gasteiger partial charge in [0.1, 0.15) is 12.4 Å². The Balaban J connectivity index is 1.55. The lowest BCUT2D eigenvalue weighted by molar-refractivity contribution is -0.141. The molecule has 0 radical (unpaired) electrons. The fourth-order valence-electron chi connectivity index (χ4n) is 4.61. The van der Waals surface area contributed by atoms with E-state index in [1.165, 1.54) is 5.56 Å². The molecule has 150 valence electrons. The summed E-state index contributed by atoms with van der Waals surface area (Å²) in [4.78, 5) is 16.5. The summed E-state index contributed by atoms with van der Waals surface area (Å²) in [7, 11) is 3.23. The van der Waals surface area contributed by atoms with Gasteiger partial charge in [-0.05, 0) is 55.5 Å². The number of aliphatic hydroxyl groups is 1. The minimum Gasteiger partial charge on any atom is -0.497 e. The van der Waals surface area contributed by atoms with Crippen molar-refractivity contribution in [1.29, 1.82) is 0 Å². The third-order valence-electron chi connectivity index (χ3n) is 6.44. The Bertz CT molecular complexity index is 611. The van der Waals surface area contributed by atoms with E-state index in [-0.39, 0.29) is 30.5 Å². The van der Waals surface area contributed by atoms with Gasteiger partial charge >= 0.3 is 0 Å². The molecule has 1 N–H and O–H groups in total. The first kappa shape index (κ1) is 20.1. The highest BCUT2D eigenvalue weighted by Crippen LogP contribution is 2.45. The number of piperidine rings is 2. The number of amides is 1. The smallest absolute Gasteiger partial charge is 0.248 e. The van der Waals surface area contributed by atoms with Crippen molar-refractivity contribution in [2.24, 2.45) is 11.3 Å². The van der Waals surface area contributed by atoms with E-state index in [1.54, 1.807) is 14.2 Å². The number of benzene rings is 1. The SMILES string of the molecule is COCC(=O)N1CCC2(CCN(Cc3ccc(OC)cc3)CC2)[C@H](CO)C1. The summed E-state index contributed by atoms with van der Waals surface area (Å²) in [5, 5.41) is 9.99. The van der Waals surface area contributed by atoms with Crippen LogP contribution in [0.15, 0.2) is 24.3 Å². The van der Waals surface area contributed by atoms with E-state index < -0.39 is 0 Å². The van der Waals surface area contributed by atoms with Crippen molar-refractivity contribution in [3.63, 3.8) is 0 Å². The maximum absolute atomic E-state index is 12.1. The highest BCUT2D eigenvalue weighted by Gasteiger charge is 2.45. The molecule has 27 heavy (non-hydrogen) atoms. The molecule has 0 aromatic heterocycles. The van der Waals surface area contributed by atoms with E-state index in [2.05, 4.69) is 17.0 Å². The van der Waals surface area contributed by atoms with Crippen molar-refractivity contribution in [2.75, 3.05) is 53.6 Å². The molecular formula is C21H32N2O4. The summed E-state index contributed by atoms with van der Waals surface area (Å²) in [6.45, 7) is 4.72. The van der Waals surface area contributed by atoms with E-state index in [4.69, 9.17) is 9.47 Å². The number of hydrogen-bond acceptors (Lipinski definition) is 5. The van der Waals surface area contributed by atoms with Crippen LogP contribution in [-0.2, 0) is 16.1 Å². The standard InChI is InChI=1S/C21H32N2O4/c1-26-16-20(25)23-12-9-21(18(14-23)15-24)7-10-22(11-8-21)13-17-3-5-19(27-2)6-4-17/h3-6,18,24H,7-16H2,1-2H3/t18-/m0/s1. The van der Waals surface area contributed by atoms with E-state index in [9.17, 15) is 9.90 Å². The molecule has 2 heterocycles. The number of methoxy groups -OCH3 is 2. The summed E-state index contributed by atoms with van der Waals surface area (Å²) >= 11 is 0. The van der Waals surface area contributed by atoms with E-state index in [0.29, 0.717) is 6.54 Å². The average molecular weight is 376 g/mol. The van der Waals surface area contributed by atoms with Gasteiger partial charge in [-0.15, -0.1) is 0 Å². The molecule has 2 saturated heterocycles. The molecule has 2 aliphatic heterocycles. The lowest BCUT2D eigenvalue weighted by atomic mass is 9.64. The van der Waals surface area contributed by atoms with Gasteiger partial charge in [0.15, 0.2) is 0 Å². The molecule has 1 spiro atoms. The molecule has 3 rings (SSSR count). The van der Waals surface area contributed by atoms with Gasteiger partial charge in [0.25, 0.3) is 0 Å². The van der Waals surface area contributed by atoms with Crippen LogP contribution in [0.5, 0.6) is 5.75 Å². The van der Waals surface area contributed by atoms with Gasteiger partial charge in [-0.25, -0.2) is 0 Å². The first-order valence-corrected chi connectivity index (χ1v) is 9.83. The Hall–Kier alpha value is -1.63. The van der Waals surface area contributed by atoms with Crippen LogP contribution < -0.4 is 4.74 Å². The minimum atomic E-state index is 0.0303. The van der Waals surface area contributed by atoms with Gasteiger partial charge in [-0.3, -0.25) is 9.69 Å². The molecule has 0 bridgehead atoms. The number of carbonyl (C=O) groups is 1. The van der Waals surface area contributed by atoms with Gasteiger partial charge in [-0.1, -0.05) is 12.1 Å². The molecule has 0 saturated carbocycles. The Morgan fingerprint density at radius 2 is 1.81 bits per heavy atom. The average Bonchev–Trinajstić information content (AvgIpc) is 2.71. The van der Waals surface area contributed by atoms with Gasteiger partial charge in [-0.2, -0.15) is 0 Å². The second-order valence-electron chi connectivity index (χ2n) is 7.89. The maximum Gasteiger partial charge on any atom is 0.248 e. The Kier molecular flexibility index (Phi) is 6.73. The quantitative estimate of drug-likeness (QED) is 0.820. The van der Waals surface area contributed by atoms with Crippen LogP contribution in [0.25, 0.3) is 0 Å². The number of aliphatic hydroxyl groups excluding tert-OH is 1. The molecule has 6 heteroatoms. The fraction of sp³-hybridized carbons (Fsp3) is 0.667. The number of rotatable bonds is 6. The minimum absolute atomic E-state index is 0.0303. The van der Waals surface area contributed by atoms with Crippen molar-refractivity contribution >= 4 is 5.91 Å². The van der Waals surface area contributed by atoms with Crippen LogP contribution >= 0.6 is 0 Å². The lowest BCUT2D eigenvalue weighted by Crippen LogP contribution is -2.55. The molecule has 1 aromatic rings. The van der Waals surface area contributed by atoms with Gasteiger partial charge in [0, 0.05) is 39.3 Å². The highest BCUT2D eigenvalue weighted by atomic mass is 16.5. The van der Waals surface area contributed by atoms with E-state index in [0.717, 1.165) is 51.2 Å². The van der Waals surface area contributed by atoms with Gasteiger partial charge < -0.3 is 19.5 Å². The molecule has 1 atom stereocenters. The normalized spacial score (nSPS) is 22.8. The zero-order chi connectivity index (χ0) is 19.3. The zero-order valence-corrected chi connectivity index (χ0v) is 16.5. The van der Waals surface area contributed by atoms with Crippen LogP contribution in [0.2, 0.25) is 0 Å². The molecule has 1 aromatic carbocycles. The summed E-state index contributed by atoms with van der Waals surface area (Å²) in [6.07, 6.45) is 3.14. The van der Waals surface area contributed by atoms with Gasteiger partial charge in [0.2, 0.25) is 5.91 Å². The zero-order valence-electron chi connectivity index (χ0n) is 16.5. The fourth-order valence-corrected chi connectivity index (χ4v) is 4.61. The summed E-state index contributed by atoms with van der Waals surface area (Å²) < 4.78 is 10.2. The predicted octanol–water partition coefficient (Wildman–Crippen LogP) is 1.76. The van der Waals surface area contributed by atoms with Crippen molar-refractivity contribution in [3.8, 4) is 5.75 Å². The summed E-state index contributed by atoms with van der Waals surface area (Å²) in [5.41, 5.74) is 1.46. The molecule has 6 nitrogen and oxygen atoms in total. The molecule has 2 fully saturated rings.